The lowest BCUT2D eigenvalue weighted by Crippen LogP contribution is -2.53. The van der Waals surface area contributed by atoms with Gasteiger partial charge in [-0.05, 0) is 29.9 Å². The fourth-order valence-corrected chi connectivity index (χ4v) is 4.56. The number of halogens is 1. The van der Waals surface area contributed by atoms with Crippen molar-refractivity contribution in [3.05, 3.63) is 34.9 Å². The summed E-state index contributed by atoms with van der Waals surface area (Å²) in [5.74, 6) is 1.42. The first kappa shape index (κ1) is 22.1. The van der Waals surface area contributed by atoms with Gasteiger partial charge in [0.1, 0.15) is 0 Å². The Morgan fingerprint density at radius 1 is 1.00 bits per heavy atom. The van der Waals surface area contributed by atoms with Crippen LogP contribution in [0, 0.1) is 11.8 Å². The van der Waals surface area contributed by atoms with Gasteiger partial charge in [0.25, 0.3) is 0 Å². The second-order valence-corrected chi connectivity index (χ2v) is 9.07. The van der Waals surface area contributed by atoms with Crippen LogP contribution in [0.15, 0.2) is 24.3 Å². The quantitative estimate of drug-likeness (QED) is 0.765. The molecule has 2 fully saturated rings. The van der Waals surface area contributed by atoms with E-state index in [1.54, 1.807) is 0 Å². The number of hydrogen-bond donors (Lipinski definition) is 1. The van der Waals surface area contributed by atoms with Gasteiger partial charge in [0.2, 0.25) is 11.8 Å². The summed E-state index contributed by atoms with van der Waals surface area (Å²) >= 11 is 6.13. The highest BCUT2D eigenvalue weighted by molar-refractivity contribution is 6.31. The van der Waals surface area contributed by atoms with E-state index in [9.17, 15) is 9.59 Å². The molecule has 0 saturated carbocycles. The number of piperazine rings is 1. The topological polar surface area (TPSA) is 55.9 Å². The first-order valence-electron chi connectivity index (χ1n) is 10.6. The minimum atomic E-state index is 0.00531. The van der Waals surface area contributed by atoms with Gasteiger partial charge in [-0.2, -0.15) is 0 Å². The normalized spacial score (nSPS) is 23.8. The number of amides is 2. The van der Waals surface area contributed by atoms with Gasteiger partial charge in [-0.15, -0.1) is 0 Å². The molecule has 2 saturated heterocycles. The van der Waals surface area contributed by atoms with Crippen LogP contribution >= 0.6 is 11.6 Å². The molecule has 6 nitrogen and oxygen atoms in total. The number of benzene rings is 1. The predicted molar refractivity (Wildman–Crippen MR) is 116 cm³/mol. The minimum absolute atomic E-state index is 0.00531. The van der Waals surface area contributed by atoms with Crippen LogP contribution in [0.3, 0.4) is 0 Å². The van der Waals surface area contributed by atoms with Crippen molar-refractivity contribution in [2.24, 2.45) is 11.8 Å². The number of carbonyl (C=O) groups excluding carboxylic acids is 2. The summed E-state index contributed by atoms with van der Waals surface area (Å²) in [4.78, 5) is 31.3. The molecule has 1 aromatic carbocycles. The Bertz CT molecular complexity index is 696. The van der Waals surface area contributed by atoms with Gasteiger partial charge < -0.3 is 10.2 Å². The summed E-state index contributed by atoms with van der Waals surface area (Å²) in [6, 6.07) is 7.54. The molecule has 1 aromatic rings. The summed E-state index contributed by atoms with van der Waals surface area (Å²) in [7, 11) is 0. The molecule has 0 spiro atoms. The molecule has 7 heteroatoms. The summed E-state index contributed by atoms with van der Waals surface area (Å²) in [5, 5.41) is 3.61. The Morgan fingerprint density at radius 2 is 1.59 bits per heavy atom. The van der Waals surface area contributed by atoms with Gasteiger partial charge in [0.05, 0.1) is 13.1 Å². The molecule has 0 aliphatic carbocycles. The van der Waals surface area contributed by atoms with Crippen molar-refractivity contribution < 1.29 is 9.59 Å². The number of hydrogen-bond acceptors (Lipinski definition) is 4. The van der Waals surface area contributed by atoms with Crippen molar-refractivity contribution in [1.29, 1.82) is 0 Å². The molecule has 3 rings (SSSR count). The molecule has 2 heterocycles. The lowest BCUT2D eigenvalue weighted by molar-refractivity contribution is -0.135. The summed E-state index contributed by atoms with van der Waals surface area (Å²) < 4.78 is 0. The van der Waals surface area contributed by atoms with Gasteiger partial charge >= 0.3 is 0 Å². The third kappa shape index (κ3) is 6.69. The highest BCUT2D eigenvalue weighted by Gasteiger charge is 2.27. The van der Waals surface area contributed by atoms with Crippen LogP contribution in [0.4, 0.5) is 0 Å². The van der Waals surface area contributed by atoms with Crippen molar-refractivity contribution >= 4 is 23.4 Å². The van der Waals surface area contributed by atoms with Gasteiger partial charge in [0.15, 0.2) is 0 Å². The second-order valence-electron chi connectivity index (χ2n) is 8.67. The number of likely N-dealkylation sites (tertiary alicyclic amines) is 1. The van der Waals surface area contributed by atoms with Crippen LogP contribution in [-0.2, 0) is 16.1 Å². The fourth-order valence-electron chi connectivity index (χ4n) is 4.36. The number of rotatable bonds is 6. The van der Waals surface area contributed by atoms with E-state index < -0.39 is 0 Å². The van der Waals surface area contributed by atoms with E-state index >= 15 is 0 Å². The average Bonchev–Trinajstić information content (AvgIpc) is 2.68. The number of nitrogens with one attached hydrogen (secondary N) is 1. The number of carbonyl (C=O) groups is 2. The maximum Gasteiger partial charge on any atom is 0.236 e. The Labute approximate surface area is 179 Å². The van der Waals surface area contributed by atoms with Crippen LogP contribution in [0.1, 0.15) is 25.8 Å². The molecule has 2 amide bonds. The van der Waals surface area contributed by atoms with Crippen LogP contribution in [-0.4, -0.2) is 78.9 Å². The zero-order valence-electron chi connectivity index (χ0n) is 17.6. The van der Waals surface area contributed by atoms with E-state index in [0.717, 1.165) is 44.8 Å². The first-order chi connectivity index (χ1) is 13.9. The highest BCUT2D eigenvalue weighted by Crippen LogP contribution is 2.21. The molecular weight excluding hydrogens is 388 g/mol. The van der Waals surface area contributed by atoms with E-state index in [1.165, 1.54) is 6.42 Å². The van der Waals surface area contributed by atoms with Crippen molar-refractivity contribution in [2.75, 3.05) is 52.4 Å². The monoisotopic (exact) mass is 420 g/mol. The molecule has 0 aromatic heterocycles. The Balaban J connectivity index is 1.36. The maximum atomic E-state index is 12.7. The van der Waals surface area contributed by atoms with Crippen LogP contribution in [0.2, 0.25) is 5.02 Å². The second kappa shape index (κ2) is 10.4. The van der Waals surface area contributed by atoms with Crippen LogP contribution < -0.4 is 5.32 Å². The van der Waals surface area contributed by atoms with Gasteiger partial charge in [-0.25, -0.2) is 0 Å². The minimum Gasteiger partial charge on any atom is -0.351 e. The van der Waals surface area contributed by atoms with Crippen molar-refractivity contribution in [3.8, 4) is 0 Å². The standard InChI is InChI=1S/C22H33ClN4O2/c1-17-11-18(2)14-27(13-17)22(29)16-26-9-7-25(8-10-26)15-21(28)24-12-19-5-3-4-6-20(19)23/h3-6,17-18H,7-16H2,1-2H3,(H,24,28)/t17-,18+. The summed E-state index contributed by atoms with van der Waals surface area (Å²) in [6.07, 6.45) is 1.21. The van der Waals surface area contributed by atoms with Crippen molar-refractivity contribution in [3.63, 3.8) is 0 Å². The van der Waals surface area contributed by atoms with Gasteiger partial charge in [0, 0.05) is 50.8 Å². The van der Waals surface area contributed by atoms with Crippen molar-refractivity contribution in [2.45, 2.75) is 26.8 Å². The zero-order chi connectivity index (χ0) is 20.8. The molecule has 2 atom stereocenters. The molecular formula is C22H33ClN4O2. The first-order valence-corrected chi connectivity index (χ1v) is 11.0. The Morgan fingerprint density at radius 3 is 2.21 bits per heavy atom. The summed E-state index contributed by atoms with van der Waals surface area (Å²) in [6.45, 7) is 10.8. The Hall–Kier alpha value is -1.63. The maximum absolute atomic E-state index is 12.7. The number of piperidine rings is 1. The van der Waals surface area contributed by atoms with Gasteiger partial charge in [-0.1, -0.05) is 43.6 Å². The molecule has 0 radical (unpaired) electrons. The summed E-state index contributed by atoms with van der Waals surface area (Å²) in [5.41, 5.74) is 0.923. The Kier molecular flexibility index (Phi) is 7.92. The smallest absolute Gasteiger partial charge is 0.236 e. The van der Waals surface area contributed by atoms with E-state index in [2.05, 4.69) is 29.0 Å². The van der Waals surface area contributed by atoms with E-state index in [1.807, 2.05) is 29.2 Å². The van der Waals surface area contributed by atoms with E-state index in [0.29, 0.717) is 36.5 Å². The van der Waals surface area contributed by atoms with Crippen LogP contribution in [0.25, 0.3) is 0 Å². The largest absolute Gasteiger partial charge is 0.351 e. The van der Waals surface area contributed by atoms with E-state index in [4.69, 9.17) is 11.6 Å². The molecule has 0 unspecified atom stereocenters. The third-order valence-corrected chi connectivity index (χ3v) is 6.22. The predicted octanol–water partition coefficient (Wildman–Crippen LogP) is 2.08. The SMILES string of the molecule is C[C@@H]1C[C@H](C)CN(C(=O)CN2CCN(CC(=O)NCc3ccccc3Cl)CC2)C1. The van der Waals surface area contributed by atoms with Crippen LogP contribution in [0.5, 0.6) is 0 Å². The van der Waals surface area contributed by atoms with E-state index in [-0.39, 0.29) is 11.8 Å². The molecule has 1 N–H and O–H groups in total. The average molecular weight is 421 g/mol. The molecule has 160 valence electrons. The highest BCUT2D eigenvalue weighted by atomic mass is 35.5. The fraction of sp³-hybridized carbons (Fsp3) is 0.636. The van der Waals surface area contributed by atoms with Crippen molar-refractivity contribution in [1.82, 2.24) is 20.0 Å². The number of nitrogens with zero attached hydrogens (tertiary/aromatic N) is 3. The lowest BCUT2D eigenvalue weighted by Gasteiger charge is -2.38. The third-order valence-electron chi connectivity index (χ3n) is 5.85. The molecule has 2 aliphatic rings. The lowest BCUT2D eigenvalue weighted by atomic mass is 9.92. The zero-order valence-corrected chi connectivity index (χ0v) is 18.3. The van der Waals surface area contributed by atoms with Gasteiger partial charge in [-0.3, -0.25) is 19.4 Å². The molecule has 29 heavy (non-hydrogen) atoms. The molecule has 0 bridgehead atoms. The molecule has 2 aliphatic heterocycles.